The number of anilines is 1. The van der Waals surface area contributed by atoms with Crippen LogP contribution < -0.4 is 9.64 Å². The van der Waals surface area contributed by atoms with Gasteiger partial charge in [0, 0.05) is 25.5 Å². The SMILES string of the molecule is COc1nc(N2CCn3c(nc4cc(CO)c(S(C)(=O)=O)cc43)C2C(C)C)ncc1C(F)(F)F. The standard InChI is InChI=1S/C21H24F3N5O4S/c1-11(2)17-18-26-14-7-12(10-30)16(34(4,31)32)8-15(14)28(18)5-6-29(17)20-25-9-13(21(22,23)24)19(27-20)33-3/h7-9,11,17,30H,5-6,10H2,1-4H3. The minimum Gasteiger partial charge on any atom is -0.480 e. The van der Waals surface area contributed by atoms with Gasteiger partial charge in [-0.2, -0.15) is 18.2 Å². The van der Waals surface area contributed by atoms with Crippen LogP contribution >= 0.6 is 0 Å². The number of alkyl halides is 3. The summed E-state index contributed by atoms with van der Waals surface area (Å²) in [7, 11) is -2.47. The zero-order valence-electron chi connectivity index (χ0n) is 19.0. The number of ether oxygens (including phenoxy) is 1. The smallest absolute Gasteiger partial charge is 0.423 e. The predicted molar refractivity (Wildman–Crippen MR) is 117 cm³/mol. The number of aliphatic hydroxyl groups is 1. The van der Waals surface area contributed by atoms with Gasteiger partial charge in [-0.05, 0) is 23.6 Å². The number of fused-ring (bicyclic) bond motifs is 3. The molecule has 1 aliphatic rings. The molecule has 3 aromatic rings. The molecule has 4 rings (SSSR count). The quantitative estimate of drug-likeness (QED) is 0.571. The van der Waals surface area contributed by atoms with Crippen molar-refractivity contribution >= 4 is 26.8 Å². The number of hydrogen-bond donors (Lipinski definition) is 1. The molecular weight excluding hydrogens is 475 g/mol. The van der Waals surface area contributed by atoms with E-state index in [1.807, 2.05) is 18.4 Å². The molecule has 1 atom stereocenters. The number of aliphatic hydroxyl groups excluding tert-OH is 1. The van der Waals surface area contributed by atoms with Crippen molar-refractivity contribution < 1.29 is 31.4 Å². The molecule has 0 saturated carbocycles. The largest absolute Gasteiger partial charge is 0.480 e. The molecule has 1 N–H and O–H groups in total. The van der Waals surface area contributed by atoms with E-state index in [4.69, 9.17) is 9.72 Å². The zero-order chi connectivity index (χ0) is 25.0. The van der Waals surface area contributed by atoms with Crippen LogP contribution in [0.2, 0.25) is 0 Å². The first-order chi connectivity index (χ1) is 15.9. The maximum atomic E-state index is 13.3. The Morgan fingerprint density at radius 1 is 1.24 bits per heavy atom. The van der Waals surface area contributed by atoms with Crippen LogP contribution in [0.1, 0.15) is 36.8 Å². The number of sulfone groups is 1. The molecule has 1 aliphatic heterocycles. The Kier molecular flexibility index (Phi) is 5.96. The molecule has 9 nitrogen and oxygen atoms in total. The Labute approximate surface area is 194 Å². The van der Waals surface area contributed by atoms with Crippen LogP contribution in [0.4, 0.5) is 19.1 Å². The second kappa shape index (κ2) is 8.38. The summed E-state index contributed by atoms with van der Waals surface area (Å²) in [6, 6.07) is 2.66. The average molecular weight is 500 g/mol. The Hall–Kier alpha value is -2.93. The number of methoxy groups -OCH3 is 1. The molecule has 0 spiro atoms. The summed E-state index contributed by atoms with van der Waals surface area (Å²) in [6.07, 6.45) is -2.87. The summed E-state index contributed by atoms with van der Waals surface area (Å²) in [6.45, 7) is 4.15. The fourth-order valence-electron chi connectivity index (χ4n) is 4.36. The van der Waals surface area contributed by atoms with Gasteiger partial charge < -0.3 is 19.3 Å². The van der Waals surface area contributed by atoms with E-state index < -0.39 is 40.1 Å². The van der Waals surface area contributed by atoms with E-state index in [0.29, 0.717) is 36.1 Å². The first-order valence-corrected chi connectivity index (χ1v) is 12.3. The highest BCUT2D eigenvalue weighted by molar-refractivity contribution is 7.90. The van der Waals surface area contributed by atoms with Gasteiger partial charge in [0.2, 0.25) is 11.8 Å². The third-order valence-corrected chi connectivity index (χ3v) is 7.00. The first-order valence-electron chi connectivity index (χ1n) is 10.5. The lowest BCUT2D eigenvalue weighted by atomic mass is 10.00. The van der Waals surface area contributed by atoms with Gasteiger partial charge in [0.05, 0.1) is 35.7 Å². The second-order valence-electron chi connectivity index (χ2n) is 8.47. The summed E-state index contributed by atoms with van der Waals surface area (Å²) in [4.78, 5) is 14.5. The summed E-state index contributed by atoms with van der Waals surface area (Å²) in [5, 5.41) is 9.69. The van der Waals surface area contributed by atoms with E-state index >= 15 is 0 Å². The number of benzene rings is 1. The third-order valence-electron chi connectivity index (χ3n) is 5.82. The fourth-order valence-corrected chi connectivity index (χ4v) is 5.28. The normalized spacial score (nSPS) is 16.9. The Morgan fingerprint density at radius 2 is 1.94 bits per heavy atom. The minimum atomic E-state index is -4.65. The lowest BCUT2D eigenvalue weighted by molar-refractivity contribution is -0.139. The summed E-state index contributed by atoms with van der Waals surface area (Å²) in [5.41, 5.74) is 0.307. The minimum absolute atomic E-state index is 0.0320. The maximum Gasteiger partial charge on any atom is 0.423 e. The number of halogens is 3. The van der Waals surface area contributed by atoms with Crippen LogP contribution in [0, 0.1) is 5.92 Å². The summed E-state index contributed by atoms with van der Waals surface area (Å²) < 4.78 is 71.1. The Morgan fingerprint density at radius 3 is 2.50 bits per heavy atom. The van der Waals surface area contributed by atoms with Crippen LogP contribution in [-0.2, 0) is 29.2 Å². The van der Waals surface area contributed by atoms with Gasteiger partial charge in [0.1, 0.15) is 11.4 Å². The van der Waals surface area contributed by atoms with Crippen LogP contribution in [-0.4, -0.2) is 53.0 Å². The number of nitrogens with zero attached hydrogens (tertiary/aromatic N) is 5. The number of rotatable bonds is 5. The fraction of sp³-hybridized carbons (Fsp3) is 0.476. The topological polar surface area (TPSA) is 110 Å². The van der Waals surface area contributed by atoms with Gasteiger partial charge in [-0.3, -0.25) is 0 Å². The van der Waals surface area contributed by atoms with Gasteiger partial charge in [0.15, 0.2) is 9.84 Å². The summed E-state index contributed by atoms with van der Waals surface area (Å²) >= 11 is 0. The van der Waals surface area contributed by atoms with E-state index in [9.17, 15) is 26.7 Å². The van der Waals surface area contributed by atoms with Gasteiger partial charge >= 0.3 is 6.18 Å². The molecule has 34 heavy (non-hydrogen) atoms. The molecule has 0 amide bonds. The third kappa shape index (κ3) is 4.06. The average Bonchev–Trinajstić information content (AvgIpc) is 3.13. The van der Waals surface area contributed by atoms with Gasteiger partial charge in [-0.15, -0.1) is 0 Å². The van der Waals surface area contributed by atoms with Crippen molar-refractivity contribution in [2.24, 2.45) is 5.92 Å². The molecule has 0 saturated heterocycles. The molecule has 0 aliphatic carbocycles. The molecule has 13 heteroatoms. The second-order valence-corrected chi connectivity index (χ2v) is 10.5. The number of imidazole rings is 1. The first kappa shape index (κ1) is 24.2. The van der Waals surface area contributed by atoms with Crippen LogP contribution in [0.15, 0.2) is 23.2 Å². The van der Waals surface area contributed by atoms with E-state index in [1.165, 1.54) is 6.07 Å². The van der Waals surface area contributed by atoms with E-state index in [0.717, 1.165) is 13.4 Å². The molecule has 2 aromatic heterocycles. The van der Waals surface area contributed by atoms with Gasteiger partial charge in [0.25, 0.3) is 0 Å². The zero-order valence-corrected chi connectivity index (χ0v) is 19.8. The lowest BCUT2D eigenvalue weighted by Gasteiger charge is -2.38. The van der Waals surface area contributed by atoms with Crippen molar-refractivity contribution in [1.29, 1.82) is 0 Å². The van der Waals surface area contributed by atoms with E-state index in [-0.39, 0.29) is 22.3 Å². The molecule has 3 heterocycles. The molecule has 184 valence electrons. The predicted octanol–water partition coefficient (Wildman–Crippen LogP) is 2.97. The van der Waals surface area contributed by atoms with Crippen LogP contribution in [0.5, 0.6) is 5.88 Å². The molecule has 0 bridgehead atoms. The number of hydrogen-bond acceptors (Lipinski definition) is 8. The molecule has 0 radical (unpaired) electrons. The molecule has 1 aromatic carbocycles. The molecule has 1 unspecified atom stereocenters. The summed E-state index contributed by atoms with van der Waals surface area (Å²) in [5.74, 6) is 0.0758. The highest BCUT2D eigenvalue weighted by Gasteiger charge is 2.39. The van der Waals surface area contributed by atoms with Crippen molar-refractivity contribution in [2.45, 2.75) is 44.1 Å². The van der Waals surface area contributed by atoms with Crippen molar-refractivity contribution in [3.8, 4) is 5.88 Å². The Bertz CT molecular complexity index is 1350. The van der Waals surface area contributed by atoms with E-state index in [2.05, 4.69) is 9.97 Å². The van der Waals surface area contributed by atoms with Crippen molar-refractivity contribution in [1.82, 2.24) is 19.5 Å². The number of aromatic nitrogens is 4. The van der Waals surface area contributed by atoms with Gasteiger partial charge in [-0.25, -0.2) is 18.4 Å². The highest BCUT2D eigenvalue weighted by Crippen LogP contribution is 2.39. The van der Waals surface area contributed by atoms with Crippen molar-refractivity contribution in [2.75, 3.05) is 24.8 Å². The maximum absolute atomic E-state index is 13.3. The monoisotopic (exact) mass is 499 g/mol. The van der Waals surface area contributed by atoms with Crippen molar-refractivity contribution in [3.63, 3.8) is 0 Å². The van der Waals surface area contributed by atoms with Crippen LogP contribution in [0.3, 0.4) is 0 Å². The molecular formula is C21H24F3N5O4S. The molecule has 0 fully saturated rings. The van der Waals surface area contributed by atoms with Gasteiger partial charge in [-0.1, -0.05) is 13.8 Å². The Balaban J connectivity index is 1.86. The highest BCUT2D eigenvalue weighted by atomic mass is 32.2. The van der Waals surface area contributed by atoms with Crippen LogP contribution in [0.25, 0.3) is 11.0 Å². The lowest BCUT2D eigenvalue weighted by Crippen LogP contribution is -2.42. The van der Waals surface area contributed by atoms with E-state index in [1.54, 1.807) is 11.0 Å². The van der Waals surface area contributed by atoms with Crippen molar-refractivity contribution in [3.05, 3.63) is 35.3 Å².